The summed E-state index contributed by atoms with van der Waals surface area (Å²) in [6.45, 7) is 3.73. The van der Waals surface area contributed by atoms with Gasteiger partial charge in [0, 0.05) is 5.56 Å². The molecule has 0 saturated heterocycles. The zero-order chi connectivity index (χ0) is 11.3. The molecule has 0 aliphatic rings. The maximum atomic E-state index is 10.7. The van der Waals surface area contributed by atoms with E-state index in [-0.39, 0.29) is 17.7 Å². The molecule has 0 unspecified atom stereocenters. The van der Waals surface area contributed by atoms with Gasteiger partial charge in [0.15, 0.2) is 0 Å². The lowest BCUT2D eigenvalue weighted by Crippen LogP contribution is -2.00. The van der Waals surface area contributed by atoms with Gasteiger partial charge in [-0.2, -0.15) is 0 Å². The summed E-state index contributed by atoms with van der Waals surface area (Å²) in [5.74, 6) is -0.751. The Morgan fingerprint density at radius 2 is 2.20 bits per heavy atom. The number of carbonyl (C=O) groups excluding carboxylic acids is 1. The zero-order valence-electron chi connectivity index (χ0n) is 7.97. The minimum absolute atomic E-state index is 0.0265. The fourth-order valence-corrected chi connectivity index (χ4v) is 1.05. The number of carboxylic acids is 1. The Hall–Kier alpha value is -2.10. The second-order valence-electron chi connectivity index (χ2n) is 2.81. The molecule has 1 aromatic rings. The van der Waals surface area contributed by atoms with E-state index in [0.29, 0.717) is 12.0 Å². The topological polar surface area (TPSA) is 63.6 Å². The molecule has 0 aliphatic heterocycles. The van der Waals surface area contributed by atoms with Crippen LogP contribution in [-0.4, -0.2) is 24.0 Å². The van der Waals surface area contributed by atoms with Crippen molar-refractivity contribution in [3.05, 3.63) is 42.0 Å². The molecule has 0 heterocycles. The number of carbonyl (C=O) groups is 2. The van der Waals surface area contributed by atoms with Gasteiger partial charge in [-0.15, -0.1) is 0 Å². The average Bonchev–Trinajstić information content (AvgIpc) is 2.25. The first-order valence-electron chi connectivity index (χ1n) is 4.24. The number of aldehydes is 1. The van der Waals surface area contributed by atoms with Gasteiger partial charge in [0.25, 0.3) is 0 Å². The Kier molecular flexibility index (Phi) is 3.62. The van der Waals surface area contributed by atoms with E-state index in [2.05, 4.69) is 6.58 Å². The number of hydrogen-bond acceptors (Lipinski definition) is 3. The standard InChI is InChI=1S/C11H10O4/c1-2-3-15-10-5-8(7-12)4-9(6-10)11(13)14/h2,4-7H,1,3H2,(H,13,14). The van der Waals surface area contributed by atoms with Gasteiger partial charge in [-0.1, -0.05) is 12.7 Å². The van der Waals surface area contributed by atoms with Gasteiger partial charge in [0.05, 0.1) is 5.56 Å². The van der Waals surface area contributed by atoms with Gasteiger partial charge in [0.1, 0.15) is 18.6 Å². The molecule has 4 nitrogen and oxygen atoms in total. The van der Waals surface area contributed by atoms with E-state index in [0.717, 1.165) is 0 Å². The number of aromatic carboxylic acids is 1. The lowest BCUT2D eigenvalue weighted by atomic mass is 10.1. The van der Waals surface area contributed by atoms with Gasteiger partial charge in [-0.05, 0) is 18.2 Å². The lowest BCUT2D eigenvalue weighted by molar-refractivity contribution is 0.0696. The monoisotopic (exact) mass is 206 g/mol. The summed E-state index contributed by atoms with van der Waals surface area (Å²) < 4.78 is 5.15. The van der Waals surface area contributed by atoms with Crippen LogP contribution >= 0.6 is 0 Å². The summed E-state index contributed by atoms with van der Waals surface area (Å²) >= 11 is 0. The van der Waals surface area contributed by atoms with Crippen molar-refractivity contribution in [2.24, 2.45) is 0 Å². The predicted octanol–water partition coefficient (Wildman–Crippen LogP) is 1.76. The molecule has 0 amide bonds. The third kappa shape index (κ3) is 2.95. The molecule has 4 heteroatoms. The fourth-order valence-electron chi connectivity index (χ4n) is 1.05. The van der Waals surface area contributed by atoms with Crippen LogP contribution in [0.25, 0.3) is 0 Å². The first kappa shape index (κ1) is 11.0. The first-order chi connectivity index (χ1) is 7.17. The van der Waals surface area contributed by atoms with E-state index >= 15 is 0 Å². The van der Waals surface area contributed by atoms with Crippen LogP contribution in [0.1, 0.15) is 20.7 Å². The van der Waals surface area contributed by atoms with Crippen LogP contribution in [0.4, 0.5) is 0 Å². The van der Waals surface area contributed by atoms with Crippen molar-refractivity contribution in [3.63, 3.8) is 0 Å². The highest BCUT2D eigenvalue weighted by Crippen LogP contribution is 2.16. The molecule has 0 aliphatic carbocycles. The SMILES string of the molecule is C=CCOc1cc(C=O)cc(C(=O)O)c1. The van der Waals surface area contributed by atoms with Crippen molar-refractivity contribution in [1.82, 2.24) is 0 Å². The first-order valence-corrected chi connectivity index (χ1v) is 4.24. The molecule has 0 atom stereocenters. The smallest absolute Gasteiger partial charge is 0.335 e. The molecule has 0 radical (unpaired) electrons. The van der Waals surface area contributed by atoms with Gasteiger partial charge in [0.2, 0.25) is 0 Å². The molecular formula is C11H10O4. The number of carboxylic acid groups (broad SMARTS) is 1. The molecule has 1 rings (SSSR count). The van der Waals surface area contributed by atoms with Gasteiger partial charge in [-0.3, -0.25) is 4.79 Å². The molecule has 0 fully saturated rings. The largest absolute Gasteiger partial charge is 0.490 e. The normalized spacial score (nSPS) is 9.33. The van der Waals surface area contributed by atoms with Crippen LogP contribution in [0.15, 0.2) is 30.9 Å². The minimum atomic E-state index is -1.10. The van der Waals surface area contributed by atoms with Gasteiger partial charge in [-0.25, -0.2) is 4.79 Å². The van der Waals surface area contributed by atoms with E-state index in [9.17, 15) is 9.59 Å². The number of ether oxygens (including phenoxy) is 1. The summed E-state index contributed by atoms with van der Waals surface area (Å²) in [7, 11) is 0. The maximum Gasteiger partial charge on any atom is 0.335 e. The Labute approximate surface area is 86.8 Å². The van der Waals surface area contributed by atoms with Crippen molar-refractivity contribution in [2.45, 2.75) is 0 Å². The molecule has 78 valence electrons. The van der Waals surface area contributed by atoms with Gasteiger partial charge < -0.3 is 9.84 Å². The predicted molar refractivity (Wildman–Crippen MR) is 54.5 cm³/mol. The highest BCUT2D eigenvalue weighted by Gasteiger charge is 2.07. The second-order valence-corrected chi connectivity index (χ2v) is 2.81. The van der Waals surface area contributed by atoms with E-state index < -0.39 is 5.97 Å². The highest BCUT2D eigenvalue weighted by molar-refractivity contribution is 5.90. The lowest BCUT2D eigenvalue weighted by Gasteiger charge is -2.05. The van der Waals surface area contributed by atoms with E-state index in [1.165, 1.54) is 24.3 Å². The minimum Gasteiger partial charge on any atom is -0.490 e. The zero-order valence-corrected chi connectivity index (χ0v) is 7.97. The Morgan fingerprint density at radius 1 is 1.47 bits per heavy atom. The Balaban J connectivity index is 3.05. The molecular weight excluding hydrogens is 196 g/mol. The van der Waals surface area contributed by atoms with E-state index in [4.69, 9.17) is 9.84 Å². The summed E-state index contributed by atoms with van der Waals surface area (Å²) in [5.41, 5.74) is 0.299. The maximum absolute atomic E-state index is 10.7. The Morgan fingerprint density at radius 3 is 2.73 bits per heavy atom. The van der Waals surface area contributed by atoms with E-state index in [1.807, 2.05) is 0 Å². The fraction of sp³-hybridized carbons (Fsp3) is 0.0909. The highest BCUT2D eigenvalue weighted by atomic mass is 16.5. The van der Waals surface area contributed by atoms with Crippen LogP contribution in [0.5, 0.6) is 5.75 Å². The quantitative estimate of drug-likeness (QED) is 0.589. The third-order valence-corrected chi connectivity index (χ3v) is 1.68. The average molecular weight is 206 g/mol. The molecule has 0 spiro atoms. The number of hydrogen-bond donors (Lipinski definition) is 1. The molecule has 0 saturated carbocycles. The Bertz CT molecular complexity index is 396. The number of benzene rings is 1. The van der Waals surface area contributed by atoms with Crippen LogP contribution in [-0.2, 0) is 0 Å². The van der Waals surface area contributed by atoms with Crippen LogP contribution in [0.3, 0.4) is 0 Å². The summed E-state index contributed by atoms with van der Waals surface area (Å²) in [6, 6.07) is 4.12. The summed E-state index contributed by atoms with van der Waals surface area (Å²) in [4.78, 5) is 21.2. The summed E-state index contributed by atoms with van der Waals surface area (Å²) in [5, 5.41) is 8.76. The van der Waals surface area contributed by atoms with Gasteiger partial charge >= 0.3 is 5.97 Å². The van der Waals surface area contributed by atoms with Crippen LogP contribution < -0.4 is 4.74 Å². The van der Waals surface area contributed by atoms with Crippen molar-refractivity contribution in [3.8, 4) is 5.75 Å². The molecule has 0 aromatic heterocycles. The molecule has 0 bridgehead atoms. The third-order valence-electron chi connectivity index (χ3n) is 1.68. The number of rotatable bonds is 5. The molecule has 15 heavy (non-hydrogen) atoms. The van der Waals surface area contributed by atoms with Crippen LogP contribution in [0.2, 0.25) is 0 Å². The van der Waals surface area contributed by atoms with Crippen molar-refractivity contribution >= 4 is 12.3 Å². The van der Waals surface area contributed by atoms with Crippen molar-refractivity contribution < 1.29 is 19.4 Å². The molecule has 1 N–H and O–H groups in total. The van der Waals surface area contributed by atoms with Crippen LogP contribution in [0, 0.1) is 0 Å². The second kappa shape index (κ2) is 4.95. The molecule has 1 aromatic carbocycles. The van der Waals surface area contributed by atoms with Crippen molar-refractivity contribution in [2.75, 3.05) is 6.61 Å². The summed E-state index contributed by atoms with van der Waals surface area (Å²) in [6.07, 6.45) is 2.11. The van der Waals surface area contributed by atoms with E-state index in [1.54, 1.807) is 0 Å². The van der Waals surface area contributed by atoms with Crippen molar-refractivity contribution in [1.29, 1.82) is 0 Å².